The number of nitrogens with one attached hydrogen (secondary N) is 1. The Morgan fingerprint density at radius 1 is 1.50 bits per heavy atom. The van der Waals surface area contributed by atoms with Crippen LogP contribution in [0, 0.1) is 6.92 Å². The summed E-state index contributed by atoms with van der Waals surface area (Å²) in [5.41, 5.74) is 8.87. The van der Waals surface area contributed by atoms with Gasteiger partial charge in [0, 0.05) is 18.3 Å². The summed E-state index contributed by atoms with van der Waals surface area (Å²) in [5.74, 6) is -0.118. The second-order valence-electron chi connectivity index (χ2n) is 4.10. The summed E-state index contributed by atoms with van der Waals surface area (Å²) in [6.45, 7) is 4.43. The molecular formula is C13H16N4O. The molecule has 0 radical (unpaired) electrons. The number of aromatic nitrogens is 2. The van der Waals surface area contributed by atoms with E-state index in [0.717, 1.165) is 11.3 Å². The zero-order valence-corrected chi connectivity index (χ0v) is 10.5. The lowest BCUT2D eigenvalue weighted by molar-refractivity contribution is 0.0956. The Kier molecular flexibility index (Phi) is 3.32. The fourth-order valence-electron chi connectivity index (χ4n) is 1.71. The van der Waals surface area contributed by atoms with Crippen LogP contribution in [-0.4, -0.2) is 22.2 Å². The van der Waals surface area contributed by atoms with E-state index in [1.807, 2.05) is 20.0 Å². The molecule has 1 heterocycles. The highest BCUT2D eigenvalue weighted by Crippen LogP contribution is 2.18. The van der Waals surface area contributed by atoms with Crippen LogP contribution in [0.5, 0.6) is 0 Å². The van der Waals surface area contributed by atoms with E-state index in [-0.39, 0.29) is 5.91 Å². The molecule has 0 atom stereocenters. The maximum absolute atomic E-state index is 11.7. The Hall–Kier alpha value is -2.30. The SMILES string of the molecule is CCNC(=O)c1ccc(-n2cc(C)cn2)c(N)c1. The van der Waals surface area contributed by atoms with Crippen molar-refractivity contribution in [3.8, 4) is 5.69 Å². The Bertz CT molecular complexity index is 574. The number of carbonyl (C=O) groups is 1. The Morgan fingerprint density at radius 3 is 2.83 bits per heavy atom. The molecule has 3 N–H and O–H groups in total. The fraction of sp³-hybridized carbons (Fsp3) is 0.231. The molecule has 1 amide bonds. The van der Waals surface area contributed by atoms with E-state index < -0.39 is 0 Å². The average Bonchev–Trinajstić information content (AvgIpc) is 2.76. The van der Waals surface area contributed by atoms with Crippen molar-refractivity contribution in [2.75, 3.05) is 12.3 Å². The lowest BCUT2D eigenvalue weighted by Crippen LogP contribution is -2.22. The molecule has 0 aliphatic carbocycles. The number of hydrogen-bond acceptors (Lipinski definition) is 3. The summed E-state index contributed by atoms with van der Waals surface area (Å²) in [7, 11) is 0. The number of carbonyl (C=O) groups excluding carboxylic acids is 1. The van der Waals surface area contributed by atoms with E-state index >= 15 is 0 Å². The van der Waals surface area contributed by atoms with Gasteiger partial charge in [-0.3, -0.25) is 4.79 Å². The van der Waals surface area contributed by atoms with Gasteiger partial charge in [0.2, 0.25) is 0 Å². The monoisotopic (exact) mass is 244 g/mol. The third kappa shape index (κ3) is 2.34. The highest BCUT2D eigenvalue weighted by Gasteiger charge is 2.08. The van der Waals surface area contributed by atoms with Crippen LogP contribution in [0.15, 0.2) is 30.6 Å². The van der Waals surface area contributed by atoms with Crippen molar-refractivity contribution in [3.05, 3.63) is 41.7 Å². The summed E-state index contributed by atoms with van der Waals surface area (Å²) in [6, 6.07) is 5.21. The molecular weight excluding hydrogens is 228 g/mol. The van der Waals surface area contributed by atoms with Crippen molar-refractivity contribution in [1.82, 2.24) is 15.1 Å². The Balaban J connectivity index is 2.33. The lowest BCUT2D eigenvalue weighted by Gasteiger charge is -2.08. The van der Waals surface area contributed by atoms with Gasteiger partial charge < -0.3 is 11.1 Å². The van der Waals surface area contributed by atoms with Gasteiger partial charge in [-0.1, -0.05) is 0 Å². The van der Waals surface area contributed by atoms with Gasteiger partial charge in [-0.05, 0) is 37.6 Å². The van der Waals surface area contributed by atoms with Crippen LogP contribution in [0.1, 0.15) is 22.8 Å². The third-order valence-electron chi connectivity index (χ3n) is 2.59. The van der Waals surface area contributed by atoms with Crippen LogP contribution < -0.4 is 11.1 Å². The predicted octanol–water partition coefficient (Wildman–Crippen LogP) is 1.51. The van der Waals surface area contributed by atoms with Crippen molar-refractivity contribution >= 4 is 11.6 Å². The number of amides is 1. The molecule has 0 bridgehead atoms. The Labute approximate surface area is 106 Å². The smallest absolute Gasteiger partial charge is 0.251 e. The summed E-state index contributed by atoms with van der Waals surface area (Å²) in [5, 5.41) is 6.93. The van der Waals surface area contributed by atoms with Crippen LogP contribution in [0.4, 0.5) is 5.69 Å². The van der Waals surface area contributed by atoms with Gasteiger partial charge in [0.15, 0.2) is 0 Å². The van der Waals surface area contributed by atoms with Crippen LogP contribution in [0.3, 0.4) is 0 Å². The zero-order valence-electron chi connectivity index (χ0n) is 10.5. The third-order valence-corrected chi connectivity index (χ3v) is 2.59. The number of nitrogens with zero attached hydrogens (tertiary/aromatic N) is 2. The predicted molar refractivity (Wildman–Crippen MR) is 70.7 cm³/mol. The van der Waals surface area contributed by atoms with Gasteiger partial charge in [0.1, 0.15) is 0 Å². The molecule has 0 spiro atoms. The molecule has 5 heteroatoms. The summed E-state index contributed by atoms with van der Waals surface area (Å²) in [4.78, 5) is 11.7. The molecule has 0 fully saturated rings. The van der Waals surface area contributed by atoms with Crippen molar-refractivity contribution < 1.29 is 4.79 Å². The minimum absolute atomic E-state index is 0.118. The molecule has 0 aliphatic rings. The van der Waals surface area contributed by atoms with E-state index in [1.54, 1.807) is 29.1 Å². The van der Waals surface area contributed by atoms with E-state index in [0.29, 0.717) is 17.8 Å². The quantitative estimate of drug-likeness (QED) is 0.804. The number of anilines is 1. The molecule has 1 aromatic carbocycles. The molecule has 2 rings (SSSR count). The fourth-order valence-corrected chi connectivity index (χ4v) is 1.71. The molecule has 1 aromatic heterocycles. The van der Waals surface area contributed by atoms with Gasteiger partial charge in [-0.2, -0.15) is 5.10 Å². The summed E-state index contributed by atoms with van der Waals surface area (Å²) in [6.07, 6.45) is 3.65. The lowest BCUT2D eigenvalue weighted by atomic mass is 10.1. The molecule has 0 saturated heterocycles. The first-order chi connectivity index (χ1) is 8.61. The van der Waals surface area contributed by atoms with E-state index in [9.17, 15) is 4.79 Å². The topological polar surface area (TPSA) is 72.9 Å². The normalized spacial score (nSPS) is 10.3. The second kappa shape index (κ2) is 4.91. The minimum Gasteiger partial charge on any atom is -0.397 e. The molecule has 2 aromatic rings. The standard InChI is InChI=1S/C13H16N4O/c1-3-15-13(18)10-4-5-12(11(14)6-10)17-8-9(2)7-16-17/h4-8H,3,14H2,1-2H3,(H,15,18). The van der Waals surface area contributed by atoms with Gasteiger partial charge >= 0.3 is 0 Å². The van der Waals surface area contributed by atoms with Crippen molar-refractivity contribution in [3.63, 3.8) is 0 Å². The maximum atomic E-state index is 11.7. The van der Waals surface area contributed by atoms with Gasteiger partial charge in [0.25, 0.3) is 5.91 Å². The number of nitrogens with two attached hydrogens (primary N) is 1. The second-order valence-corrected chi connectivity index (χ2v) is 4.10. The van der Waals surface area contributed by atoms with Gasteiger partial charge in [-0.25, -0.2) is 4.68 Å². The summed E-state index contributed by atoms with van der Waals surface area (Å²) < 4.78 is 1.70. The van der Waals surface area contributed by atoms with E-state index in [2.05, 4.69) is 10.4 Å². The van der Waals surface area contributed by atoms with Crippen molar-refractivity contribution in [2.24, 2.45) is 0 Å². The largest absolute Gasteiger partial charge is 0.397 e. The molecule has 94 valence electrons. The number of rotatable bonds is 3. The molecule has 5 nitrogen and oxygen atoms in total. The van der Waals surface area contributed by atoms with E-state index in [4.69, 9.17) is 5.73 Å². The number of aryl methyl sites for hydroxylation is 1. The van der Waals surface area contributed by atoms with Crippen molar-refractivity contribution in [2.45, 2.75) is 13.8 Å². The first kappa shape index (κ1) is 12.2. The summed E-state index contributed by atoms with van der Waals surface area (Å²) >= 11 is 0. The average molecular weight is 244 g/mol. The van der Waals surface area contributed by atoms with Crippen LogP contribution in [-0.2, 0) is 0 Å². The van der Waals surface area contributed by atoms with Gasteiger partial charge in [0.05, 0.1) is 17.6 Å². The minimum atomic E-state index is -0.118. The first-order valence-corrected chi connectivity index (χ1v) is 5.81. The molecule has 18 heavy (non-hydrogen) atoms. The number of hydrogen-bond donors (Lipinski definition) is 2. The highest BCUT2D eigenvalue weighted by molar-refractivity contribution is 5.95. The Morgan fingerprint density at radius 2 is 2.28 bits per heavy atom. The first-order valence-electron chi connectivity index (χ1n) is 5.81. The number of benzene rings is 1. The highest BCUT2D eigenvalue weighted by atomic mass is 16.1. The zero-order chi connectivity index (χ0) is 13.1. The van der Waals surface area contributed by atoms with Crippen LogP contribution >= 0.6 is 0 Å². The van der Waals surface area contributed by atoms with Crippen LogP contribution in [0.2, 0.25) is 0 Å². The maximum Gasteiger partial charge on any atom is 0.251 e. The van der Waals surface area contributed by atoms with Crippen LogP contribution in [0.25, 0.3) is 5.69 Å². The molecule has 0 aliphatic heterocycles. The van der Waals surface area contributed by atoms with Crippen molar-refractivity contribution in [1.29, 1.82) is 0 Å². The van der Waals surface area contributed by atoms with Gasteiger partial charge in [-0.15, -0.1) is 0 Å². The number of nitrogen functional groups attached to an aromatic ring is 1. The van der Waals surface area contributed by atoms with E-state index in [1.165, 1.54) is 0 Å². The molecule has 0 unspecified atom stereocenters. The molecule has 0 saturated carbocycles.